The van der Waals surface area contributed by atoms with Gasteiger partial charge in [0.1, 0.15) is 12.3 Å². The fourth-order valence-electron chi connectivity index (χ4n) is 7.45. The number of amides is 2. The normalized spacial score (nSPS) is 16.8. The highest BCUT2D eigenvalue weighted by Gasteiger charge is 2.37. The van der Waals surface area contributed by atoms with E-state index in [9.17, 15) is 9.59 Å². The van der Waals surface area contributed by atoms with E-state index < -0.39 is 0 Å². The smallest absolute Gasteiger partial charge is 0.256 e. The molecule has 0 spiro atoms. The van der Waals surface area contributed by atoms with Gasteiger partial charge in [-0.05, 0) is 73.7 Å². The summed E-state index contributed by atoms with van der Waals surface area (Å²) in [4.78, 5) is 31.6. The average molecular weight is 876 g/mol. The topological polar surface area (TPSA) is 160 Å². The van der Waals surface area contributed by atoms with Crippen molar-refractivity contribution in [3.63, 3.8) is 0 Å². The van der Waals surface area contributed by atoms with E-state index in [4.69, 9.17) is 30.4 Å². The molecular weight excluding hydrogens is 815 g/mol. The SMILES string of the molecule is CCSC(SCC)[C@@H]1CCCN1C(=O)c1cc(OC)c(OCCCCn2cc(COc3cc(N)c(C(=O)N4CCC[C@H]4C(SCC)SCC)cc3OC)nn2)cc1N. The third-order valence-corrected chi connectivity index (χ3v) is 15.7. The molecule has 3 heterocycles. The van der Waals surface area contributed by atoms with Crippen LogP contribution < -0.4 is 30.4 Å². The molecule has 320 valence electrons. The van der Waals surface area contributed by atoms with Gasteiger partial charge in [-0.1, -0.05) is 32.9 Å². The third-order valence-electron chi connectivity index (χ3n) is 10.2. The summed E-state index contributed by atoms with van der Waals surface area (Å²) >= 11 is 7.63. The summed E-state index contributed by atoms with van der Waals surface area (Å²) in [6, 6.07) is 7.11. The summed E-state index contributed by atoms with van der Waals surface area (Å²) in [5.41, 5.74) is 15.2. The molecule has 58 heavy (non-hydrogen) atoms. The van der Waals surface area contributed by atoms with Crippen LogP contribution in [0.4, 0.5) is 11.4 Å². The van der Waals surface area contributed by atoms with Gasteiger partial charge in [0, 0.05) is 43.1 Å². The van der Waals surface area contributed by atoms with Crippen molar-refractivity contribution in [3.8, 4) is 23.0 Å². The number of nitrogen functional groups attached to an aromatic ring is 2. The van der Waals surface area contributed by atoms with Crippen molar-refractivity contribution in [1.29, 1.82) is 0 Å². The molecule has 13 nitrogen and oxygen atoms in total. The van der Waals surface area contributed by atoms with Gasteiger partial charge in [-0.3, -0.25) is 14.3 Å². The largest absolute Gasteiger partial charge is 0.493 e. The zero-order valence-electron chi connectivity index (χ0n) is 34.8. The first-order chi connectivity index (χ1) is 28.2. The zero-order chi connectivity index (χ0) is 41.6. The number of rotatable bonds is 23. The number of ether oxygens (including phenoxy) is 4. The molecule has 0 bridgehead atoms. The van der Waals surface area contributed by atoms with Crippen LogP contribution in [0.15, 0.2) is 30.5 Å². The molecule has 1 aromatic heterocycles. The molecule has 3 aromatic rings. The van der Waals surface area contributed by atoms with Gasteiger partial charge in [-0.15, -0.1) is 52.1 Å². The minimum absolute atomic E-state index is 0.0543. The molecule has 17 heteroatoms. The van der Waals surface area contributed by atoms with Crippen LogP contribution in [0.5, 0.6) is 23.0 Å². The predicted molar refractivity (Wildman–Crippen MR) is 242 cm³/mol. The van der Waals surface area contributed by atoms with Gasteiger partial charge in [-0.25, -0.2) is 0 Å². The summed E-state index contributed by atoms with van der Waals surface area (Å²) in [5.74, 6) is 5.77. The summed E-state index contributed by atoms with van der Waals surface area (Å²) in [5, 5.41) is 8.55. The number of nitrogens with two attached hydrogens (primary N) is 2. The minimum atomic E-state index is -0.0721. The number of carbonyl (C=O) groups excluding carboxylic acids is 2. The lowest BCUT2D eigenvalue weighted by Crippen LogP contribution is -2.41. The van der Waals surface area contributed by atoms with E-state index >= 15 is 0 Å². The Balaban J connectivity index is 1.11. The Bertz CT molecular complexity index is 1790. The number of nitrogens with zero attached hydrogens (tertiary/aromatic N) is 5. The van der Waals surface area contributed by atoms with Gasteiger partial charge in [0.25, 0.3) is 11.8 Å². The predicted octanol–water partition coefficient (Wildman–Crippen LogP) is 7.77. The van der Waals surface area contributed by atoms with E-state index in [0.717, 1.165) is 74.6 Å². The highest BCUT2D eigenvalue weighted by molar-refractivity contribution is 8.17. The third kappa shape index (κ3) is 11.5. The molecule has 2 fully saturated rings. The number of hydrogen-bond acceptors (Lipinski definition) is 14. The van der Waals surface area contributed by atoms with Crippen LogP contribution in [-0.2, 0) is 13.2 Å². The van der Waals surface area contributed by atoms with Crippen LogP contribution in [0.25, 0.3) is 0 Å². The molecule has 0 saturated carbocycles. The average Bonchev–Trinajstić information content (AvgIpc) is 4.01. The van der Waals surface area contributed by atoms with Crippen molar-refractivity contribution in [3.05, 3.63) is 47.3 Å². The fraction of sp³-hybridized carbons (Fsp3) is 0.610. The maximum Gasteiger partial charge on any atom is 0.256 e. The lowest BCUT2D eigenvalue weighted by Gasteiger charge is -2.31. The first kappa shape index (κ1) is 45.8. The Hall–Kier alpha value is -3.28. The molecule has 4 N–H and O–H groups in total. The molecule has 2 aromatic carbocycles. The van der Waals surface area contributed by atoms with Crippen LogP contribution in [0.2, 0.25) is 0 Å². The highest BCUT2D eigenvalue weighted by Crippen LogP contribution is 2.40. The molecule has 0 unspecified atom stereocenters. The van der Waals surface area contributed by atoms with Crippen LogP contribution in [-0.4, -0.2) is 115 Å². The molecule has 2 saturated heterocycles. The Morgan fingerprint density at radius 1 is 0.724 bits per heavy atom. The number of carbonyl (C=O) groups is 2. The fourth-order valence-corrected chi connectivity index (χ4v) is 13.2. The van der Waals surface area contributed by atoms with E-state index in [2.05, 4.69) is 38.0 Å². The molecule has 2 atom stereocenters. The first-order valence-electron chi connectivity index (χ1n) is 20.4. The van der Waals surface area contributed by atoms with Gasteiger partial charge < -0.3 is 40.2 Å². The van der Waals surface area contributed by atoms with Crippen molar-refractivity contribution in [2.75, 3.05) is 68.4 Å². The quantitative estimate of drug-likeness (QED) is 0.0540. The highest BCUT2D eigenvalue weighted by atomic mass is 32.2. The van der Waals surface area contributed by atoms with Gasteiger partial charge >= 0.3 is 0 Å². The lowest BCUT2D eigenvalue weighted by molar-refractivity contribution is 0.0738. The maximum absolute atomic E-state index is 13.8. The maximum atomic E-state index is 13.8. The van der Waals surface area contributed by atoms with Crippen molar-refractivity contribution in [2.45, 2.75) is 101 Å². The number of likely N-dealkylation sites (tertiary alicyclic amines) is 2. The van der Waals surface area contributed by atoms with E-state index in [1.54, 1.807) is 43.2 Å². The first-order valence-corrected chi connectivity index (χ1v) is 24.5. The molecule has 2 amide bonds. The zero-order valence-corrected chi connectivity index (χ0v) is 38.0. The number of aromatic nitrogens is 3. The van der Waals surface area contributed by atoms with E-state index in [0.29, 0.717) is 73.5 Å². The van der Waals surface area contributed by atoms with Crippen molar-refractivity contribution < 1.29 is 28.5 Å². The molecular formula is C41H61N7O6S4. The number of unbranched alkanes of at least 4 members (excludes halogenated alkanes) is 1. The number of benzene rings is 2. The standard InChI is InChI=1S/C41H61N7O6S4/c1-7-55-40(56-8-2)32-15-13-18-47(32)38(49)28-21-34(51-5)36(23-30(28)42)53-20-12-11-17-46-25-27(44-45-46)26-54-37-24-31(43)29(22-35(37)52-6)39(50)48-19-14-16-33(48)41(57-9-3)58-10-4/h21-25,32-33,40-41H,7-20,26,42-43H2,1-6H3/t32-,33-/m0/s1. The van der Waals surface area contributed by atoms with Crippen molar-refractivity contribution >= 4 is 70.2 Å². The summed E-state index contributed by atoms with van der Waals surface area (Å²) in [6.45, 7) is 11.3. The van der Waals surface area contributed by atoms with Crippen molar-refractivity contribution in [2.24, 2.45) is 0 Å². The molecule has 0 aliphatic carbocycles. The molecule has 2 aliphatic rings. The Morgan fingerprint density at radius 3 is 1.67 bits per heavy atom. The van der Waals surface area contributed by atoms with Crippen LogP contribution >= 0.6 is 47.0 Å². The number of hydrogen-bond donors (Lipinski definition) is 2. The second-order valence-corrected chi connectivity index (χ2v) is 20.2. The molecule has 0 radical (unpaired) electrons. The van der Waals surface area contributed by atoms with Crippen LogP contribution in [0, 0.1) is 0 Å². The Labute approximate surface area is 361 Å². The number of anilines is 2. The van der Waals surface area contributed by atoms with Gasteiger partial charge in [-0.2, -0.15) is 0 Å². The summed E-state index contributed by atoms with van der Waals surface area (Å²) < 4.78 is 25.9. The second-order valence-electron chi connectivity index (χ2n) is 14.0. The van der Waals surface area contributed by atoms with E-state index in [1.165, 1.54) is 0 Å². The van der Waals surface area contributed by atoms with Gasteiger partial charge in [0.05, 0.1) is 59.4 Å². The van der Waals surface area contributed by atoms with Gasteiger partial charge in [0.2, 0.25) is 0 Å². The summed E-state index contributed by atoms with van der Waals surface area (Å²) in [7, 11) is 3.13. The molecule has 5 rings (SSSR count). The van der Waals surface area contributed by atoms with E-state index in [-0.39, 0.29) is 30.5 Å². The number of aryl methyl sites for hydroxylation is 1. The number of thioether (sulfide) groups is 4. The Morgan fingerprint density at radius 2 is 1.21 bits per heavy atom. The monoisotopic (exact) mass is 875 g/mol. The summed E-state index contributed by atoms with van der Waals surface area (Å²) in [6.07, 6.45) is 7.33. The van der Waals surface area contributed by atoms with E-state index in [1.807, 2.05) is 63.0 Å². The molecule has 2 aliphatic heterocycles. The minimum Gasteiger partial charge on any atom is -0.493 e. The second kappa shape index (κ2) is 22.9. The van der Waals surface area contributed by atoms with Crippen molar-refractivity contribution in [1.82, 2.24) is 24.8 Å². The lowest BCUT2D eigenvalue weighted by atomic mass is 10.1. The Kier molecular flexibility index (Phi) is 18.1. The number of methoxy groups -OCH3 is 2. The van der Waals surface area contributed by atoms with Crippen LogP contribution in [0.3, 0.4) is 0 Å². The van der Waals surface area contributed by atoms with Gasteiger partial charge in [0.15, 0.2) is 23.0 Å². The van der Waals surface area contributed by atoms with Crippen LogP contribution in [0.1, 0.15) is 92.6 Å².